The Morgan fingerprint density at radius 2 is 1.96 bits per heavy atom. The maximum absolute atomic E-state index is 12.5. The van der Waals surface area contributed by atoms with Crippen molar-refractivity contribution >= 4 is 11.8 Å². The smallest absolute Gasteiger partial charge is 0.270 e. The number of nitrogens with zero attached hydrogens (tertiary/aromatic N) is 4. The van der Waals surface area contributed by atoms with Gasteiger partial charge in [0.1, 0.15) is 11.7 Å². The van der Waals surface area contributed by atoms with E-state index in [9.17, 15) is 9.59 Å². The van der Waals surface area contributed by atoms with E-state index in [-0.39, 0.29) is 11.8 Å². The monoisotopic (exact) mass is 347 g/mol. The minimum atomic E-state index is -0.430. The van der Waals surface area contributed by atoms with Crippen molar-refractivity contribution in [2.24, 2.45) is 0 Å². The highest BCUT2D eigenvalue weighted by molar-refractivity contribution is 5.97. The third-order valence-corrected chi connectivity index (χ3v) is 5.37. The normalized spacial score (nSPS) is 22.1. The molecule has 0 radical (unpaired) electrons. The number of hydrogen-bond acceptors (Lipinski definition) is 4. The number of amides is 2. The lowest BCUT2D eigenvalue weighted by atomic mass is 10.1. The van der Waals surface area contributed by atoms with Gasteiger partial charge in [0.2, 0.25) is 5.91 Å². The number of piperazine rings is 1. The van der Waals surface area contributed by atoms with Crippen LogP contribution in [0.25, 0.3) is 0 Å². The number of likely N-dealkylation sites (N-methyl/N-ethyl adjacent to an activating group) is 2. The fraction of sp³-hybridized carbons (Fsp3) is 0.667. The summed E-state index contributed by atoms with van der Waals surface area (Å²) in [5.41, 5.74) is 0.651. The van der Waals surface area contributed by atoms with Gasteiger partial charge in [-0.15, -0.1) is 0 Å². The van der Waals surface area contributed by atoms with E-state index in [0.717, 1.165) is 45.7 Å². The Labute approximate surface area is 149 Å². The molecule has 1 N–H and O–H groups in total. The number of nitrogens with one attached hydrogen (secondary N) is 1. The Morgan fingerprint density at radius 3 is 2.68 bits per heavy atom. The largest absolute Gasteiger partial charge is 0.354 e. The third-order valence-electron chi connectivity index (χ3n) is 5.37. The van der Waals surface area contributed by atoms with E-state index in [1.54, 1.807) is 18.0 Å². The molecule has 1 fully saturated rings. The summed E-state index contributed by atoms with van der Waals surface area (Å²) < 4.78 is 1.86. The van der Waals surface area contributed by atoms with Crippen molar-refractivity contribution < 1.29 is 9.59 Å². The summed E-state index contributed by atoms with van der Waals surface area (Å²) in [5.74, 6) is -0.156. The molecular formula is C18H29N5O2. The Balaban J connectivity index is 1.40. The van der Waals surface area contributed by atoms with E-state index in [4.69, 9.17) is 0 Å². The Morgan fingerprint density at radius 1 is 1.24 bits per heavy atom. The molecule has 1 unspecified atom stereocenters. The minimum Gasteiger partial charge on any atom is -0.354 e. The molecule has 1 saturated heterocycles. The van der Waals surface area contributed by atoms with Crippen molar-refractivity contribution in [3.63, 3.8) is 0 Å². The van der Waals surface area contributed by atoms with Gasteiger partial charge in [0, 0.05) is 46.0 Å². The second-order valence-corrected chi connectivity index (χ2v) is 6.90. The van der Waals surface area contributed by atoms with Gasteiger partial charge in [-0.25, -0.2) is 0 Å². The number of hydrogen-bond donors (Lipinski definition) is 1. The topological polar surface area (TPSA) is 60.8 Å². The molecule has 1 aromatic rings. The molecule has 3 rings (SSSR count). The maximum atomic E-state index is 12.5. The molecule has 1 atom stereocenters. The van der Waals surface area contributed by atoms with Crippen molar-refractivity contribution in [1.29, 1.82) is 0 Å². The van der Waals surface area contributed by atoms with Gasteiger partial charge in [0.05, 0.1) is 6.54 Å². The van der Waals surface area contributed by atoms with Crippen LogP contribution in [-0.4, -0.2) is 90.0 Å². The number of aromatic nitrogens is 1. The molecular weight excluding hydrogens is 318 g/mol. The summed E-state index contributed by atoms with van der Waals surface area (Å²) in [7, 11) is 1.70. The minimum absolute atomic E-state index is 0.0639. The molecule has 0 saturated carbocycles. The van der Waals surface area contributed by atoms with E-state index in [2.05, 4.69) is 22.0 Å². The van der Waals surface area contributed by atoms with Crippen LogP contribution in [0.15, 0.2) is 18.3 Å². The quantitative estimate of drug-likeness (QED) is 0.741. The molecule has 3 heterocycles. The molecule has 0 spiro atoms. The highest BCUT2D eigenvalue weighted by atomic mass is 16.2. The summed E-state index contributed by atoms with van der Waals surface area (Å²) >= 11 is 0. The van der Waals surface area contributed by atoms with Crippen LogP contribution >= 0.6 is 0 Å². The van der Waals surface area contributed by atoms with Crippen LogP contribution < -0.4 is 5.32 Å². The van der Waals surface area contributed by atoms with Gasteiger partial charge < -0.3 is 24.6 Å². The standard InChI is InChI=1S/C18H29N5O2/c1-3-21-10-12-22(13-11-21)8-5-7-19-17(24)16-14-23-9-4-6-15(23)18(25)20(16)2/h4,6,9,16H,3,5,7-8,10-14H2,1-2H3,(H,19,24). The maximum Gasteiger partial charge on any atom is 0.270 e. The van der Waals surface area contributed by atoms with Gasteiger partial charge in [0.25, 0.3) is 5.91 Å². The van der Waals surface area contributed by atoms with Gasteiger partial charge in [-0.05, 0) is 31.6 Å². The predicted molar refractivity (Wildman–Crippen MR) is 96.5 cm³/mol. The van der Waals surface area contributed by atoms with Gasteiger partial charge >= 0.3 is 0 Å². The predicted octanol–water partition coefficient (Wildman–Crippen LogP) is 0.0861. The lowest BCUT2D eigenvalue weighted by Crippen LogP contribution is -2.53. The molecule has 7 nitrogen and oxygen atoms in total. The van der Waals surface area contributed by atoms with Crippen LogP contribution in [0.1, 0.15) is 23.8 Å². The number of carbonyl (C=O) groups excluding carboxylic acids is 2. The van der Waals surface area contributed by atoms with Gasteiger partial charge in [-0.2, -0.15) is 0 Å². The van der Waals surface area contributed by atoms with Crippen LogP contribution in [0.5, 0.6) is 0 Å². The molecule has 1 aromatic heterocycles. The van der Waals surface area contributed by atoms with Crippen LogP contribution in [0.4, 0.5) is 0 Å². The molecule has 25 heavy (non-hydrogen) atoms. The van der Waals surface area contributed by atoms with E-state index in [1.807, 2.05) is 16.8 Å². The molecule has 2 amide bonds. The van der Waals surface area contributed by atoms with Crippen LogP contribution in [0.3, 0.4) is 0 Å². The average Bonchev–Trinajstić information content (AvgIpc) is 3.11. The fourth-order valence-electron chi connectivity index (χ4n) is 3.62. The third kappa shape index (κ3) is 4.04. The molecule has 138 valence electrons. The van der Waals surface area contributed by atoms with Gasteiger partial charge in [-0.1, -0.05) is 6.92 Å². The summed E-state index contributed by atoms with van der Waals surface area (Å²) in [5, 5.41) is 3.00. The highest BCUT2D eigenvalue weighted by Gasteiger charge is 2.33. The van der Waals surface area contributed by atoms with Crippen LogP contribution in [0.2, 0.25) is 0 Å². The average molecular weight is 347 g/mol. The second-order valence-electron chi connectivity index (χ2n) is 6.90. The zero-order valence-corrected chi connectivity index (χ0v) is 15.3. The zero-order chi connectivity index (χ0) is 17.8. The fourth-order valence-corrected chi connectivity index (χ4v) is 3.62. The highest BCUT2D eigenvalue weighted by Crippen LogP contribution is 2.16. The van der Waals surface area contributed by atoms with Crippen molar-refractivity contribution in [2.75, 3.05) is 52.9 Å². The first-order valence-electron chi connectivity index (χ1n) is 9.25. The van der Waals surface area contributed by atoms with E-state index < -0.39 is 6.04 Å². The molecule has 0 aromatic carbocycles. The van der Waals surface area contributed by atoms with E-state index in [0.29, 0.717) is 18.8 Å². The first-order chi connectivity index (χ1) is 12.1. The molecule has 2 aliphatic heterocycles. The lowest BCUT2D eigenvalue weighted by Gasteiger charge is -2.34. The number of fused-ring (bicyclic) bond motifs is 1. The number of rotatable bonds is 6. The molecule has 0 aliphatic carbocycles. The summed E-state index contributed by atoms with van der Waals surface area (Å²) in [6.07, 6.45) is 2.80. The number of carbonyl (C=O) groups is 2. The molecule has 0 bridgehead atoms. The van der Waals surface area contributed by atoms with Crippen molar-refractivity contribution in [3.05, 3.63) is 24.0 Å². The summed E-state index contributed by atoms with van der Waals surface area (Å²) in [4.78, 5) is 31.2. The van der Waals surface area contributed by atoms with Crippen molar-refractivity contribution in [1.82, 2.24) is 24.6 Å². The summed E-state index contributed by atoms with van der Waals surface area (Å²) in [6.45, 7) is 10.0. The van der Waals surface area contributed by atoms with Gasteiger partial charge in [0.15, 0.2) is 0 Å². The molecule has 7 heteroatoms. The van der Waals surface area contributed by atoms with Crippen molar-refractivity contribution in [2.45, 2.75) is 25.9 Å². The van der Waals surface area contributed by atoms with Crippen LogP contribution in [-0.2, 0) is 11.3 Å². The second kappa shape index (κ2) is 8.01. The van der Waals surface area contributed by atoms with E-state index in [1.165, 1.54) is 0 Å². The zero-order valence-electron chi connectivity index (χ0n) is 15.3. The van der Waals surface area contributed by atoms with Crippen molar-refractivity contribution in [3.8, 4) is 0 Å². The lowest BCUT2D eigenvalue weighted by molar-refractivity contribution is -0.126. The summed E-state index contributed by atoms with van der Waals surface area (Å²) in [6, 6.07) is 3.21. The first-order valence-corrected chi connectivity index (χ1v) is 9.25. The first kappa shape index (κ1) is 17.9. The Hall–Kier alpha value is -1.86. The van der Waals surface area contributed by atoms with Crippen LogP contribution in [0, 0.1) is 0 Å². The Kier molecular flexibility index (Phi) is 5.75. The van der Waals surface area contributed by atoms with Gasteiger partial charge in [-0.3, -0.25) is 9.59 Å². The Bertz CT molecular complexity index is 606. The van der Waals surface area contributed by atoms with E-state index >= 15 is 0 Å². The molecule has 2 aliphatic rings. The SMILES string of the molecule is CCN1CCN(CCCNC(=O)C2Cn3cccc3C(=O)N2C)CC1.